The Kier molecular flexibility index (Phi) is 7.12. The van der Waals surface area contributed by atoms with Gasteiger partial charge in [-0.25, -0.2) is 17.9 Å². The first-order valence-corrected chi connectivity index (χ1v) is 10.9. The summed E-state index contributed by atoms with van der Waals surface area (Å²) < 4.78 is 37.0. The minimum Gasteiger partial charge on any atom is -0.495 e. The number of ether oxygens (including phenoxy) is 2. The number of piperidine rings is 1. The number of likely N-dealkylation sites (tertiary alicyclic amines) is 1. The molecule has 0 aromatic heterocycles. The fourth-order valence-electron chi connectivity index (χ4n) is 2.94. The highest BCUT2D eigenvalue weighted by Gasteiger charge is 2.28. The fraction of sp³-hybridized carbons (Fsp3) is 0.579. The number of carbonyl (C=O) groups is 2. The molecule has 2 amide bonds. The summed E-state index contributed by atoms with van der Waals surface area (Å²) in [4.78, 5) is 26.3. The molecule has 1 fully saturated rings. The lowest BCUT2D eigenvalue weighted by Crippen LogP contribution is -2.47. The summed E-state index contributed by atoms with van der Waals surface area (Å²) in [5.74, 6) is -0.225. The zero-order valence-electron chi connectivity index (χ0n) is 17.4. The molecule has 0 radical (unpaired) electrons. The first-order chi connectivity index (χ1) is 13.5. The van der Waals surface area contributed by atoms with E-state index in [1.165, 1.54) is 32.4 Å². The number of benzene rings is 1. The van der Waals surface area contributed by atoms with Crippen molar-refractivity contribution in [3.63, 3.8) is 0 Å². The molecule has 0 aliphatic carbocycles. The molecule has 1 aliphatic rings. The summed E-state index contributed by atoms with van der Waals surface area (Å²) in [7, 11) is -1.12. The first kappa shape index (κ1) is 23.0. The van der Waals surface area contributed by atoms with Crippen LogP contribution < -0.4 is 14.8 Å². The van der Waals surface area contributed by atoms with E-state index in [-0.39, 0.29) is 34.3 Å². The minimum atomic E-state index is -3.77. The average Bonchev–Trinajstić information content (AvgIpc) is 2.66. The van der Waals surface area contributed by atoms with Crippen LogP contribution in [0.15, 0.2) is 23.1 Å². The molecule has 1 aromatic carbocycles. The van der Waals surface area contributed by atoms with Crippen LogP contribution in [0.2, 0.25) is 0 Å². The predicted octanol–water partition coefficient (Wildman–Crippen LogP) is 1.73. The zero-order valence-corrected chi connectivity index (χ0v) is 18.3. The van der Waals surface area contributed by atoms with Crippen molar-refractivity contribution in [1.82, 2.24) is 14.9 Å². The summed E-state index contributed by atoms with van der Waals surface area (Å²) in [6, 6.07) is 4.13. The molecule has 0 saturated carbocycles. The molecule has 0 unspecified atom stereocenters. The third kappa shape index (κ3) is 6.07. The van der Waals surface area contributed by atoms with Crippen molar-refractivity contribution < 1.29 is 27.5 Å². The largest absolute Gasteiger partial charge is 0.495 e. The van der Waals surface area contributed by atoms with Gasteiger partial charge in [0, 0.05) is 24.7 Å². The summed E-state index contributed by atoms with van der Waals surface area (Å²) >= 11 is 0. The van der Waals surface area contributed by atoms with E-state index >= 15 is 0 Å². The Morgan fingerprint density at radius 1 is 1.17 bits per heavy atom. The minimum absolute atomic E-state index is 0.102. The number of hydrogen-bond donors (Lipinski definition) is 2. The van der Waals surface area contributed by atoms with Crippen LogP contribution in [0.5, 0.6) is 5.75 Å². The third-order valence-corrected chi connectivity index (χ3v) is 5.90. The quantitative estimate of drug-likeness (QED) is 0.740. The molecule has 2 rings (SSSR count). The van der Waals surface area contributed by atoms with Crippen LogP contribution in [0.4, 0.5) is 4.79 Å². The van der Waals surface area contributed by atoms with E-state index in [1.807, 2.05) is 20.8 Å². The van der Waals surface area contributed by atoms with Crippen molar-refractivity contribution >= 4 is 22.0 Å². The molecule has 1 saturated heterocycles. The van der Waals surface area contributed by atoms with Crippen molar-refractivity contribution in [1.29, 1.82) is 0 Å². The summed E-state index contributed by atoms with van der Waals surface area (Å²) in [5.41, 5.74) is -0.337. The van der Waals surface area contributed by atoms with Gasteiger partial charge in [0.1, 0.15) is 16.2 Å². The van der Waals surface area contributed by atoms with Gasteiger partial charge in [-0.3, -0.25) is 4.79 Å². The lowest BCUT2D eigenvalue weighted by Gasteiger charge is -2.33. The standard InChI is InChI=1S/C19H29N3O6S/c1-19(2,3)28-18(24)22-10-8-14(9-11-22)21-17(23)13-6-7-15(27-5)16(12-13)29(25,26)20-4/h6-7,12,14,20H,8-11H2,1-5H3,(H,21,23). The highest BCUT2D eigenvalue weighted by Crippen LogP contribution is 2.25. The Labute approximate surface area is 171 Å². The Morgan fingerprint density at radius 3 is 2.31 bits per heavy atom. The molecule has 1 aromatic rings. The Balaban J connectivity index is 2.02. The van der Waals surface area contributed by atoms with Gasteiger partial charge in [-0.15, -0.1) is 0 Å². The maximum absolute atomic E-state index is 12.6. The molecule has 9 nitrogen and oxygen atoms in total. The second kappa shape index (κ2) is 9.00. The third-order valence-electron chi connectivity index (χ3n) is 4.47. The van der Waals surface area contributed by atoms with Crippen LogP contribution in [0, 0.1) is 0 Å². The molecule has 1 aliphatic heterocycles. The van der Waals surface area contributed by atoms with Crippen LogP contribution in [-0.4, -0.2) is 64.2 Å². The Bertz CT molecular complexity index is 855. The van der Waals surface area contributed by atoms with Gasteiger partial charge in [0.15, 0.2) is 0 Å². The molecule has 29 heavy (non-hydrogen) atoms. The van der Waals surface area contributed by atoms with Gasteiger partial charge in [0.25, 0.3) is 5.91 Å². The molecule has 0 atom stereocenters. The van der Waals surface area contributed by atoms with E-state index in [0.29, 0.717) is 25.9 Å². The van der Waals surface area contributed by atoms with E-state index < -0.39 is 15.6 Å². The molecular formula is C19H29N3O6S. The van der Waals surface area contributed by atoms with Crippen LogP contribution in [0.25, 0.3) is 0 Å². The summed E-state index contributed by atoms with van der Waals surface area (Å²) in [5, 5.41) is 2.90. The average molecular weight is 428 g/mol. The second-order valence-electron chi connectivity index (χ2n) is 7.79. The summed E-state index contributed by atoms with van der Waals surface area (Å²) in [6.07, 6.45) is 0.811. The first-order valence-electron chi connectivity index (χ1n) is 9.37. The zero-order chi connectivity index (χ0) is 21.8. The molecule has 2 N–H and O–H groups in total. The van der Waals surface area contributed by atoms with Crippen LogP contribution >= 0.6 is 0 Å². The maximum Gasteiger partial charge on any atom is 0.410 e. The number of carbonyl (C=O) groups excluding carboxylic acids is 2. The molecule has 0 spiro atoms. The van der Waals surface area contributed by atoms with E-state index in [0.717, 1.165) is 0 Å². The SMILES string of the molecule is CNS(=O)(=O)c1cc(C(=O)NC2CCN(C(=O)OC(C)(C)C)CC2)ccc1OC. The second-order valence-corrected chi connectivity index (χ2v) is 9.64. The number of amides is 2. The van der Waals surface area contributed by atoms with Crippen molar-refractivity contribution in [2.45, 2.75) is 50.2 Å². The van der Waals surface area contributed by atoms with E-state index in [4.69, 9.17) is 9.47 Å². The van der Waals surface area contributed by atoms with E-state index in [2.05, 4.69) is 10.0 Å². The van der Waals surface area contributed by atoms with Gasteiger partial charge >= 0.3 is 6.09 Å². The highest BCUT2D eigenvalue weighted by atomic mass is 32.2. The fourth-order valence-corrected chi connectivity index (χ4v) is 3.86. The highest BCUT2D eigenvalue weighted by molar-refractivity contribution is 7.89. The smallest absolute Gasteiger partial charge is 0.410 e. The number of sulfonamides is 1. The lowest BCUT2D eigenvalue weighted by molar-refractivity contribution is 0.0199. The molecule has 162 valence electrons. The number of nitrogens with zero attached hydrogens (tertiary/aromatic N) is 1. The molecule has 1 heterocycles. The lowest BCUT2D eigenvalue weighted by atomic mass is 10.0. The number of rotatable bonds is 5. The van der Waals surface area contributed by atoms with Gasteiger partial charge in [0.2, 0.25) is 10.0 Å². The van der Waals surface area contributed by atoms with Crippen molar-refractivity contribution in [2.24, 2.45) is 0 Å². The van der Waals surface area contributed by atoms with Gasteiger partial charge in [0.05, 0.1) is 7.11 Å². The van der Waals surface area contributed by atoms with E-state index in [1.54, 1.807) is 4.90 Å². The maximum atomic E-state index is 12.6. The van der Waals surface area contributed by atoms with Gasteiger partial charge in [-0.2, -0.15) is 0 Å². The van der Waals surface area contributed by atoms with Crippen LogP contribution in [0.1, 0.15) is 44.0 Å². The number of methoxy groups -OCH3 is 1. The summed E-state index contributed by atoms with van der Waals surface area (Å²) in [6.45, 7) is 6.39. The Hall–Kier alpha value is -2.33. The van der Waals surface area contributed by atoms with Crippen LogP contribution in [0.3, 0.4) is 0 Å². The normalized spacial score (nSPS) is 15.7. The van der Waals surface area contributed by atoms with Crippen molar-refractivity contribution in [3.05, 3.63) is 23.8 Å². The van der Waals surface area contributed by atoms with Gasteiger partial charge < -0.3 is 19.7 Å². The van der Waals surface area contributed by atoms with E-state index in [9.17, 15) is 18.0 Å². The molecule has 0 bridgehead atoms. The number of nitrogens with one attached hydrogen (secondary N) is 2. The van der Waals surface area contributed by atoms with Gasteiger partial charge in [-0.05, 0) is 58.9 Å². The Morgan fingerprint density at radius 2 is 1.79 bits per heavy atom. The van der Waals surface area contributed by atoms with Crippen molar-refractivity contribution in [2.75, 3.05) is 27.2 Å². The van der Waals surface area contributed by atoms with Crippen LogP contribution in [-0.2, 0) is 14.8 Å². The monoisotopic (exact) mass is 427 g/mol. The number of hydrogen-bond acceptors (Lipinski definition) is 6. The molecule has 10 heteroatoms. The van der Waals surface area contributed by atoms with Gasteiger partial charge in [-0.1, -0.05) is 0 Å². The predicted molar refractivity (Wildman–Crippen MR) is 108 cm³/mol. The topological polar surface area (TPSA) is 114 Å². The molecular weight excluding hydrogens is 398 g/mol. The van der Waals surface area contributed by atoms with Crippen molar-refractivity contribution in [3.8, 4) is 5.75 Å².